The molecular formula is C13H10Cl2N2O2. The lowest BCUT2D eigenvalue weighted by molar-refractivity contribution is 0.0892. The summed E-state index contributed by atoms with van der Waals surface area (Å²) in [5, 5.41) is 0.459. The summed E-state index contributed by atoms with van der Waals surface area (Å²) in [4.78, 5) is 27.8. The first-order valence-corrected chi connectivity index (χ1v) is 6.23. The Bertz CT molecular complexity index is 650. The van der Waals surface area contributed by atoms with Crippen molar-refractivity contribution in [2.24, 2.45) is 7.05 Å². The molecule has 6 heteroatoms. The number of Topliss-reactive ketones (excluding diaryl/α,β-unsaturated/α-hetero) is 2. The molecular weight excluding hydrogens is 287 g/mol. The van der Waals surface area contributed by atoms with Crippen molar-refractivity contribution in [3.8, 4) is 0 Å². The zero-order valence-electron chi connectivity index (χ0n) is 10.1. The molecule has 0 atom stereocenters. The largest absolute Gasteiger partial charge is 0.340 e. The number of rotatable bonds is 4. The molecule has 0 bridgehead atoms. The van der Waals surface area contributed by atoms with Crippen LogP contribution in [0, 0.1) is 0 Å². The predicted molar refractivity (Wildman–Crippen MR) is 72.9 cm³/mol. The highest BCUT2D eigenvalue weighted by Crippen LogP contribution is 2.26. The Morgan fingerprint density at radius 3 is 2.63 bits per heavy atom. The highest BCUT2D eigenvalue weighted by molar-refractivity contribution is 6.44. The van der Waals surface area contributed by atoms with E-state index in [0.717, 1.165) is 0 Å². The van der Waals surface area contributed by atoms with Crippen LogP contribution in [0.1, 0.15) is 27.3 Å². The Hall–Kier alpha value is -1.65. The maximum Gasteiger partial charge on any atom is 0.190 e. The van der Waals surface area contributed by atoms with Gasteiger partial charge in [-0.3, -0.25) is 9.59 Å². The van der Waals surface area contributed by atoms with Crippen LogP contribution in [0.5, 0.6) is 0 Å². The number of aryl methyl sites for hydroxylation is 1. The fourth-order valence-corrected chi connectivity index (χ4v) is 2.01. The fraction of sp³-hybridized carbons (Fsp3) is 0.154. The van der Waals surface area contributed by atoms with Gasteiger partial charge in [-0.1, -0.05) is 29.3 Å². The van der Waals surface area contributed by atoms with Crippen molar-refractivity contribution in [1.82, 2.24) is 9.55 Å². The van der Waals surface area contributed by atoms with Gasteiger partial charge in [-0.2, -0.15) is 0 Å². The number of ketones is 2. The highest BCUT2D eigenvalue weighted by atomic mass is 35.5. The van der Waals surface area contributed by atoms with E-state index in [1.54, 1.807) is 36.0 Å². The molecule has 1 heterocycles. The zero-order valence-corrected chi connectivity index (χ0v) is 11.6. The van der Waals surface area contributed by atoms with Crippen molar-refractivity contribution in [2.75, 3.05) is 0 Å². The van der Waals surface area contributed by atoms with Gasteiger partial charge >= 0.3 is 0 Å². The van der Waals surface area contributed by atoms with Crippen LogP contribution < -0.4 is 0 Å². The summed E-state index contributed by atoms with van der Waals surface area (Å²) in [6, 6.07) is 4.75. The van der Waals surface area contributed by atoms with Crippen LogP contribution >= 0.6 is 23.2 Å². The summed E-state index contributed by atoms with van der Waals surface area (Å²) < 4.78 is 1.64. The smallest absolute Gasteiger partial charge is 0.190 e. The standard InChI is InChI=1S/C13H10Cl2N2O2/c1-17-6-10(16-7-17)12(19)5-11(18)8-3-2-4-9(14)13(8)15/h2-4,6-7H,5H2,1H3. The number of nitrogens with zero attached hydrogens (tertiary/aromatic N) is 2. The van der Waals surface area contributed by atoms with Gasteiger partial charge in [0.2, 0.25) is 0 Å². The lowest BCUT2D eigenvalue weighted by Crippen LogP contribution is -2.09. The quantitative estimate of drug-likeness (QED) is 0.643. The van der Waals surface area contributed by atoms with Crippen LogP contribution in [0.15, 0.2) is 30.7 Å². The first-order chi connectivity index (χ1) is 8.99. The topological polar surface area (TPSA) is 52.0 Å². The number of aromatic nitrogens is 2. The molecule has 0 spiro atoms. The number of hydrogen-bond acceptors (Lipinski definition) is 3. The number of carbonyl (C=O) groups is 2. The Kier molecular flexibility index (Phi) is 4.02. The lowest BCUT2D eigenvalue weighted by atomic mass is 10.0. The van der Waals surface area contributed by atoms with E-state index < -0.39 is 0 Å². The van der Waals surface area contributed by atoms with Gasteiger partial charge in [0.1, 0.15) is 5.69 Å². The number of carbonyl (C=O) groups excluding carboxylic acids is 2. The summed E-state index contributed by atoms with van der Waals surface area (Å²) in [7, 11) is 1.75. The Balaban J connectivity index is 2.17. The Labute approximate surface area is 120 Å². The molecule has 19 heavy (non-hydrogen) atoms. The molecule has 0 aliphatic rings. The molecule has 0 aliphatic carbocycles. The number of benzene rings is 1. The molecule has 2 aromatic rings. The Morgan fingerprint density at radius 2 is 2.00 bits per heavy atom. The molecule has 0 saturated heterocycles. The van der Waals surface area contributed by atoms with Crippen LogP contribution in [0.2, 0.25) is 10.0 Å². The van der Waals surface area contributed by atoms with E-state index in [-0.39, 0.29) is 39.3 Å². The van der Waals surface area contributed by atoms with Crippen LogP contribution in [-0.4, -0.2) is 21.1 Å². The molecule has 1 aromatic carbocycles. The van der Waals surface area contributed by atoms with E-state index >= 15 is 0 Å². The van der Waals surface area contributed by atoms with Crippen molar-refractivity contribution in [3.63, 3.8) is 0 Å². The monoisotopic (exact) mass is 296 g/mol. The first-order valence-electron chi connectivity index (χ1n) is 5.47. The molecule has 0 aliphatic heterocycles. The summed E-state index contributed by atoms with van der Waals surface area (Å²) in [6.45, 7) is 0. The van der Waals surface area contributed by atoms with Gasteiger partial charge in [0, 0.05) is 18.8 Å². The maximum atomic E-state index is 12.0. The maximum absolute atomic E-state index is 12.0. The summed E-state index contributed by atoms with van der Waals surface area (Å²) in [5.74, 6) is -0.718. The average Bonchev–Trinajstić information content (AvgIpc) is 2.79. The van der Waals surface area contributed by atoms with Crippen molar-refractivity contribution < 1.29 is 9.59 Å². The van der Waals surface area contributed by atoms with Crippen molar-refractivity contribution in [1.29, 1.82) is 0 Å². The van der Waals surface area contributed by atoms with E-state index in [2.05, 4.69) is 4.98 Å². The van der Waals surface area contributed by atoms with E-state index in [4.69, 9.17) is 23.2 Å². The van der Waals surface area contributed by atoms with Gasteiger partial charge < -0.3 is 4.57 Å². The SMILES string of the molecule is Cn1cnc(C(=O)CC(=O)c2cccc(Cl)c2Cl)c1. The minimum Gasteiger partial charge on any atom is -0.340 e. The second kappa shape index (κ2) is 5.55. The Morgan fingerprint density at radius 1 is 1.26 bits per heavy atom. The third-order valence-electron chi connectivity index (χ3n) is 2.56. The third kappa shape index (κ3) is 3.03. The zero-order chi connectivity index (χ0) is 14.0. The van der Waals surface area contributed by atoms with Crippen LogP contribution in [-0.2, 0) is 7.05 Å². The van der Waals surface area contributed by atoms with Crippen LogP contribution in [0.25, 0.3) is 0 Å². The number of halogens is 2. The van der Waals surface area contributed by atoms with Crippen molar-refractivity contribution >= 4 is 34.8 Å². The molecule has 0 N–H and O–H groups in total. The van der Waals surface area contributed by atoms with E-state index in [9.17, 15) is 9.59 Å². The summed E-state index contributed by atoms with van der Waals surface area (Å²) in [6.07, 6.45) is 2.79. The molecule has 0 unspecified atom stereocenters. The molecule has 2 rings (SSSR count). The second-order valence-corrected chi connectivity index (χ2v) is 4.83. The molecule has 4 nitrogen and oxygen atoms in total. The number of hydrogen-bond donors (Lipinski definition) is 0. The minimum atomic E-state index is -0.372. The van der Waals surface area contributed by atoms with Crippen LogP contribution in [0.3, 0.4) is 0 Å². The molecule has 0 fully saturated rings. The fourth-order valence-electron chi connectivity index (χ4n) is 1.61. The normalized spacial score (nSPS) is 10.5. The molecule has 0 amide bonds. The van der Waals surface area contributed by atoms with Gasteiger partial charge in [-0.15, -0.1) is 0 Å². The minimum absolute atomic E-state index is 0.169. The third-order valence-corrected chi connectivity index (χ3v) is 3.38. The summed E-state index contributed by atoms with van der Waals surface area (Å²) >= 11 is 11.8. The summed E-state index contributed by atoms with van der Waals surface area (Å²) in [5.41, 5.74) is 0.507. The average molecular weight is 297 g/mol. The molecule has 0 saturated carbocycles. The van der Waals surface area contributed by atoms with E-state index in [1.165, 1.54) is 6.33 Å². The van der Waals surface area contributed by atoms with Crippen molar-refractivity contribution in [2.45, 2.75) is 6.42 Å². The predicted octanol–water partition coefficient (Wildman–Crippen LogP) is 3.18. The van der Waals surface area contributed by atoms with Crippen LogP contribution in [0.4, 0.5) is 0 Å². The van der Waals surface area contributed by atoms with Crippen molar-refractivity contribution in [3.05, 3.63) is 52.0 Å². The van der Waals surface area contributed by atoms with Gasteiger partial charge in [0.25, 0.3) is 0 Å². The lowest BCUT2D eigenvalue weighted by Gasteiger charge is -2.03. The molecule has 0 radical (unpaired) electrons. The highest BCUT2D eigenvalue weighted by Gasteiger charge is 2.18. The van der Waals surface area contributed by atoms with E-state index in [0.29, 0.717) is 0 Å². The number of imidazole rings is 1. The molecule has 1 aromatic heterocycles. The van der Waals surface area contributed by atoms with Gasteiger partial charge in [0.05, 0.1) is 22.8 Å². The first kappa shape index (κ1) is 13.8. The van der Waals surface area contributed by atoms with Gasteiger partial charge in [-0.05, 0) is 12.1 Å². The van der Waals surface area contributed by atoms with Gasteiger partial charge in [0.15, 0.2) is 11.6 Å². The second-order valence-electron chi connectivity index (χ2n) is 4.05. The van der Waals surface area contributed by atoms with E-state index in [1.807, 2.05) is 0 Å². The van der Waals surface area contributed by atoms with Gasteiger partial charge in [-0.25, -0.2) is 4.98 Å². The molecule has 98 valence electrons.